The van der Waals surface area contributed by atoms with Crippen LogP contribution in [0.4, 0.5) is 0 Å². The molecule has 0 amide bonds. The quantitative estimate of drug-likeness (QED) is 0.726. The molecule has 3 rings (SSSR count). The van der Waals surface area contributed by atoms with Gasteiger partial charge < -0.3 is 0 Å². The van der Waals surface area contributed by atoms with Crippen LogP contribution in [0.15, 0.2) is 12.1 Å². The molecule has 1 aliphatic carbocycles. The minimum absolute atomic E-state index is 0.374. The van der Waals surface area contributed by atoms with E-state index in [0.29, 0.717) is 16.2 Å². The molecule has 2 heterocycles. The maximum absolute atomic E-state index is 11.3. The third kappa shape index (κ3) is 2.74. The number of fused-ring (bicyclic) bond motifs is 2. The van der Waals surface area contributed by atoms with Crippen LogP contribution in [0.25, 0.3) is 10.2 Å². The Morgan fingerprint density at radius 3 is 2.90 bits per heavy atom. The number of thiophene rings is 1. The first-order valence-corrected chi connectivity index (χ1v) is 8.72. The molecule has 0 N–H and O–H groups in total. The highest BCUT2D eigenvalue weighted by Crippen LogP contribution is 2.40. The predicted octanol–water partition coefficient (Wildman–Crippen LogP) is 5.22. The van der Waals surface area contributed by atoms with Crippen molar-refractivity contribution in [3.05, 3.63) is 28.3 Å². The van der Waals surface area contributed by atoms with E-state index in [1.54, 1.807) is 0 Å². The highest BCUT2D eigenvalue weighted by Gasteiger charge is 2.31. The van der Waals surface area contributed by atoms with Crippen molar-refractivity contribution in [1.82, 2.24) is 4.98 Å². The Labute approximate surface area is 134 Å². The number of rotatable bonds is 3. The van der Waals surface area contributed by atoms with Crippen LogP contribution in [-0.4, -0.2) is 10.2 Å². The van der Waals surface area contributed by atoms with Crippen molar-refractivity contribution in [2.45, 2.75) is 46.5 Å². The van der Waals surface area contributed by atoms with Crippen molar-refractivity contribution < 1.29 is 4.79 Å². The molecule has 21 heavy (non-hydrogen) atoms. The maximum atomic E-state index is 11.3. The lowest BCUT2D eigenvalue weighted by atomic mass is 9.69. The lowest BCUT2D eigenvalue weighted by Crippen LogP contribution is -2.29. The molecule has 0 aliphatic heterocycles. The summed E-state index contributed by atoms with van der Waals surface area (Å²) in [4.78, 5) is 17.6. The largest absolute Gasteiger partial charge is 0.275 e. The minimum Gasteiger partial charge on any atom is -0.275 e. The molecule has 0 bridgehead atoms. The second-order valence-corrected chi connectivity index (χ2v) is 8.03. The fourth-order valence-corrected chi connectivity index (χ4v) is 4.21. The summed E-state index contributed by atoms with van der Waals surface area (Å²) in [5.74, 6) is 0.710. The number of aryl methyl sites for hydroxylation is 1. The third-order valence-corrected chi connectivity index (χ3v) is 6.44. The second-order valence-electron chi connectivity index (χ2n) is 6.65. The molecule has 0 fully saturated rings. The minimum atomic E-state index is -0.388. The van der Waals surface area contributed by atoms with Crippen molar-refractivity contribution in [3.63, 3.8) is 0 Å². The van der Waals surface area contributed by atoms with Gasteiger partial charge in [-0.25, -0.2) is 4.98 Å². The van der Waals surface area contributed by atoms with Crippen LogP contribution in [0.2, 0.25) is 0 Å². The first kappa shape index (κ1) is 15.0. The number of carbonyl (C=O) groups is 1. The third-order valence-electron chi connectivity index (χ3n) is 5.08. The van der Waals surface area contributed by atoms with E-state index in [2.05, 4.69) is 26.8 Å². The van der Waals surface area contributed by atoms with Gasteiger partial charge in [-0.2, -0.15) is 0 Å². The Bertz CT molecular complexity index is 704. The van der Waals surface area contributed by atoms with E-state index in [-0.39, 0.29) is 5.24 Å². The smallest absolute Gasteiger partial charge is 0.262 e. The Morgan fingerprint density at radius 1 is 1.48 bits per heavy atom. The fraction of sp³-hybridized carbons (Fsp3) is 0.529. The molecular weight excluding hydrogens is 302 g/mol. The molecule has 1 aliphatic rings. The van der Waals surface area contributed by atoms with Crippen LogP contribution >= 0.6 is 22.9 Å². The van der Waals surface area contributed by atoms with Crippen molar-refractivity contribution in [2.24, 2.45) is 11.3 Å². The molecule has 0 saturated carbocycles. The van der Waals surface area contributed by atoms with Gasteiger partial charge in [0.2, 0.25) is 0 Å². The molecule has 0 spiro atoms. The topological polar surface area (TPSA) is 30.0 Å². The van der Waals surface area contributed by atoms with Crippen LogP contribution in [0, 0.1) is 11.3 Å². The molecule has 1 atom stereocenters. The van der Waals surface area contributed by atoms with E-state index in [4.69, 9.17) is 16.6 Å². The van der Waals surface area contributed by atoms with Gasteiger partial charge in [-0.05, 0) is 59.9 Å². The molecular formula is C17H20ClNOS. The molecule has 0 radical (unpaired) electrons. The number of hydrogen-bond acceptors (Lipinski definition) is 3. The van der Waals surface area contributed by atoms with E-state index in [0.717, 1.165) is 23.1 Å². The van der Waals surface area contributed by atoms with E-state index in [1.807, 2.05) is 6.07 Å². The Balaban J connectivity index is 1.98. The van der Waals surface area contributed by atoms with Crippen LogP contribution in [0.5, 0.6) is 0 Å². The van der Waals surface area contributed by atoms with Gasteiger partial charge in [-0.1, -0.05) is 27.2 Å². The number of carbonyl (C=O) groups excluding carboxylic acids is 1. The Hall–Kier alpha value is -0.930. The molecule has 0 saturated heterocycles. The Kier molecular flexibility index (Phi) is 3.83. The van der Waals surface area contributed by atoms with Gasteiger partial charge in [0.05, 0.1) is 4.88 Å². The lowest BCUT2D eigenvalue weighted by Gasteiger charge is -2.36. The van der Waals surface area contributed by atoms with Gasteiger partial charge in [0.1, 0.15) is 4.83 Å². The van der Waals surface area contributed by atoms with Crippen molar-refractivity contribution in [3.8, 4) is 0 Å². The summed E-state index contributed by atoms with van der Waals surface area (Å²) in [5.41, 5.74) is 2.94. The normalized spacial score (nSPS) is 18.8. The van der Waals surface area contributed by atoms with E-state index in [9.17, 15) is 4.79 Å². The first-order chi connectivity index (χ1) is 9.90. The molecule has 0 aromatic carbocycles. The highest BCUT2D eigenvalue weighted by atomic mass is 35.5. The molecule has 0 unspecified atom stereocenters. The number of aromatic nitrogens is 1. The maximum Gasteiger partial charge on any atom is 0.262 e. The first-order valence-electron chi connectivity index (χ1n) is 7.53. The fourth-order valence-electron chi connectivity index (χ4n) is 3.18. The van der Waals surface area contributed by atoms with Gasteiger partial charge in [0.15, 0.2) is 0 Å². The zero-order valence-electron chi connectivity index (χ0n) is 12.7. The van der Waals surface area contributed by atoms with Crippen LogP contribution < -0.4 is 0 Å². The Morgan fingerprint density at radius 2 is 2.24 bits per heavy atom. The average Bonchev–Trinajstić information content (AvgIpc) is 2.87. The average molecular weight is 322 g/mol. The van der Waals surface area contributed by atoms with Gasteiger partial charge in [-0.15, -0.1) is 11.3 Å². The zero-order valence-corrected chi connectivity index (χ0v) is 14.3. The molecule has 2 aromatic rings. The van der Waals surface area contributed by atoms with Crippen molar-refractivity contribution >= 4 is 38.4 Å². The molecule has 2 aromatic heterocycles. The van der Waals surface area contributed by atoms with Gasteiger partial charge >= 0.3 is 0 Å². The summed E-state index contributed by atoms with van der Waals surface area (Å²) in [6.45, 7) is 7.00. The predicted molar refractivity (Wildman–Crippen MR) is 89.4 cm³/mol. The summed E-state index contributed by atoms with van der Waals surface area (Å²) in [6, 6.07) is 4.09. The number of pyridine rings is 1. The van der Waals surface area contributed by atoms with Crippen LogP contribution in [0.1, 0.15) is 54.5 Å². The van der Waals surface area contributed by atoms with Gasteiger partial charge in [-0.3, -0.25) is 4.79 Å². The summed E-state index contributed by atoms with van der Waals surface area (Å²) in [5, 5.41) is 0.665. The summed E-state index contributed by atoms with van der Waals surface area (Å²) in [7, 11) is 0. The number of nitrogens with zero attached hydrogens (tertiary/aromatic N) is 1. The van der Waals surface area contributed by atoms with Crippen molar-refractivity contribution in [2.75, 3.05) is 0 Å². The summed E-state index contributed by atoms with van der Waals surface area (Å²) >= 11 is 6.98. The van der Waals surface area contributed by atoms with Gasteiger partial charge in [0.25, 0.3) is 5.24 Å². The zero-order chi connectivity index (χ0) is 15.2. The standard InChI is InChI=1S/C17H20ClNOS/c1-4-17(2,3)12-5-6-13-10(8-12)7-11-9-14(15(18)20)21-16(11)19-13/h7,9,12H,4-6,8H2,1-3H3/t12-/m1/s1. The van der Waals surface area contributed by atoms with E-state index >= 15 is 0 Å². The monoisotopic (exact) mass is 321 g/mol. The highest BCUT2D eigenvalue weighted by molar-refractivity contribution is 7.21. The summed E-state index contributed by atoms with van der Waals surface area (Å²) < 4.78 is 0. The number of hydrogen-bond donors (Lipinski definition) is 0. The van der Waals surface area contributed by atoms with Gasteiger partial charge in [0, 0.05) is 11.1 Å². The second kappa shape index (κ2) is 5.36. The van der Waals surface area contributed by atoms with Crippen LogP contribution in [0.3, 0.4) is 0 Å². The summed E-state index contributed by atoms with van der Waals surface area (Å²) in [6.07, 6.45) is 4.55. The molecule has 112 valence electrons. The molecule has 4 heteroatoms. The van der Waals surface area contributed by atoms with Crippen LogP contribution in [-0.2, 0) is 12.8 Å². The molecule has 2 nitrogen and oxygen atoms in total. The SMILES string of the molecule is CCC(C)(C)[C@@H]1CCc2nc3sc(C(=O)Cl)cc3cc2C1. The van der Waals surface area contributed by atoms with E-state index in [1.165, 1.54) is 35.4 Å². The van der Waals surface area contributed by atoms with E-state index < -0.39 is 0 Å². The van der Waals surface area contributed by atoms with Crippen molar-refractivity contribution in [1.29, 1.82) is 0 Å². The number of halogens is 1. The lowest BCUT2D eigenvalue weighted by molar-refractivity contribution is 0.108.